The minimum absolute atomic E-state index is 0.113. The second kappa shape index (κ2) is 9.30. The molecule has 0 spiro atoms. The number of halogens is 1. The number of aromatic nitrogens is 5. The lowest BCUT2D eigenvalue weighted by atomic mass is 10.1. The van der Waals surface area contributed by atoms with E-state index >= 15 is 0 Å². The molecule has 3 aromatic carbocycles. The first-order valence-corrected chi connectivity index (χ1v) is 12.2. The van der Waals surface area contributed by atoms with Gasteiger partial charge in [-0.25, -0.2) is 8.42 Å². The zero-order chi connectivity index (χ0) is 23.5. The monoisotopic (exact) mass is 490 g/mol. The molecule has 5 aromatic rings. The van der Waals surface area contributed by atoms with E-state index in [1.165, 1.54) is 16.4 Å². The van der Waals surface area contributed by atoms with E-state index in [4.69, 9.17) is 11.6 Å². The van der Waals surface area contributed by atoms with Crippen molar-refractivity contribution in [2.75, 3.05) is 0 Å². The van der Waals surface area contributed by atoms with E-state index in [0.717, 1.165) is 21.9 Å². The van der Waals surface area contributed by atoms with Crippen LogP contribution in [0.15, 0.2) is 90.0 Å². The van der Waals surface area contributed by atoms with Crippen LogP contribution in [0.2, 0.25) is 5.02 Å². The lowest BCUT2D eigenvalue weighted by Crippen LogP contribution is -2.30. The van der Waals surface area contributed by atoms with Gasteiger partial charge in [0.25, 0.3) is 0 Å². The summed E-state index contributed by atoms with van der Waals surface area (Å²) in [6, 6.07) is 23.3. The van der Waals surface area contributed by atoms with Crippen molar-refractivity contribution in [2.45, 2.75) is 18.0 Å². The molecule has 0 saturated carbocycles. The third-order valence-electron chi connectivity index (χ3n) is 5.39. The number of aromatic amines is 1. The molecule has 10 heteroatoms. The molecule has 0 aliphatic rings. The molecule has 5 rings (SSSR count). The van der Waals surface area contributed by atoms with E-state index in [2.05, 4.69) is 25.6 Å². The number of fused-ring (bicyclic) bond motifs is 1. The molecule has 34 heavy (non-hydrogen) atoms. The molecule has 0 unspecified atom stereocenters. The Bertz CT molecular complexity index is 1520. The fraction of sp³-hybridized carbons (Fsp3) is 0.0833. The largest absolute Gasteiger partial charge is 0.259 e. The van der Waals surface area contributed by atoms with Crippen LogP contribution >= 0.6 is 11.6 Å². The molecule has 0 aliphatic carbocycles. The molecule has 0 radical (unpaired) electrons. The second-order valence-corrected chi connectivity index (χ2v) is 10.1. The number of hydrogen-bond acceptors (Lipinski definition) is 6. The Morgan fingerprint density at radius 1 is 0.882 bits per heavy atom. The van der Waals surface area contributed by atoms with Crippen molar-refractivity contribution in [2.24, 2.45) is 0 Å². The van der Waals surface area contributed by atoms with Crippen molar-refractivity contribution in [3.05, 3.63) is 101 Å². The highest BCUT2D eigenvalue weighted by Crippen LogP contribution is 2.24. The maximum atomic E-state index is 13.6. The fourth-order valence-corrected chi connectivity index (χ4v) is 5.15. The molecule has 0 bridgehead atoms. The van der Waals surface area contributed by atoms with E-state index in [1.54, 1.807) is 18.3 Å². The van der Waals surface area contributed by atoms with Gasteiger partial charge in [0.15, 0.2) is 0 Å². The quantitative estimate of drug-likeness (QED) is 0.361. The van der Waals surface area contributed by atoms with Crippen LogP contribution in [0.3, 0.4) is 0 Å². The van der Waals surface area contributed by atoms with Crippen LogP contribution in [0.25, 0.3) is 22.2 Å². The lowest BCUT2D eigenvalue weighted by molar-refractivity contribution is 0.397. The van der Waals surface area contributed by atoms with E-state index in [1.807, 2.05) is 54.6 Å². The zero-order valence-corrected chi connectivity index (χ0v) is 19.4. The third kappa shape index (κ3) is 4.67. The van der Waals surface area contributed by atoms with Crippen molar-refractivity contribution in [1.82, 2.24) is 29.9 Å². The molecule has 0 atom stereocenters. The van der Waals surface area contributed by atoms with Crippen LogP contribution in [0, 0.1) is 0 Å². The predicted octanol–water partition coefficient (Wildman–Crippen LogP) is 4.46. The summed E-state index contributed by atoms with van der Waals surface area (Å²) in [6.45, 7) is 0.272. The summed E-state index contributed by atoms with van der Waals surface area (Å²) in [6.07, 6.45) is 1.76. The van der Waals surface area contributed by atoms with Gasteiger partial charge in [-0.15, -0.1) is 10.2 Å². The normalized spacial score (nSPS) is 11.8. The van der Waals surface area contributed by atoms with Gasteiger partial charge in [-0.3, -0.25) is 4.98 Å². The van der Waals surface area contributed by atoms with Crippen LogP contribution < -0.4 is 0 Å². The minimum atomic E-state index is -3.83. The number of H-pyrrole nitrogens is 1. The molecule has 1 N–H and O–H groups in total. The smallest absolute Gasteiger partial charge is 0.243 e. The third-order valence-corrected chi connectivity index (χ3v) is 7.45. The van der Waals surface area contributed by atoms with Crippen LogP contribution in [-0.4, -0.2) is 38.3 Å². The molecule has 0 amide bonds. The summed E-state index contributed by atoms with van der Waals surface area (Å²) in [5, 5.41) is 16.4. The summed E-state index contributed by atoms with van der Waals surface area (Å²) in [7, 11) is -3.83. The summed E-state index contributed by atoms with van der Waals surface area (Å²) in [4.78, 5) is 4.67. The van der Waals surface area contributed by atoms with Crippen LogP contribution in [0.1, 0.15) is 11.3 Å². The van der Waals surface area contributed by atoms with Crippen LogP contribution in [-0.2, 0) is 23.1 Å². The minimum Gasteiger partial charge on any atom is -0.259 e. The van der Waals surface area contributed by atoms with Crippen molar-refractivity contribution in [3.63, 3.8) is 0 Å². The van der Waals surface area contributed by atoms with E-state index in [-0.39, 0.29) is 18.0 Å². The van der Waals surface area contributed by atoms with Gasteiger partial charge in [0.2, 0.25) is 15.8 Å². The molecule has 0 fully saturated rings. The van der Waals surface area contributed by atoms with Gasteiger partial charge < -0.3 is 0 Å². The summed E-state index contributed by atoms with van der Waals surface area (Å²) >= 11 is 5.98. The molecule has 0 aliphatic heterocycles. The number of nitrogens with zero attached hydrogens (tertiary/aromatic N) is 5. The number of nitrogens with one attached hydrogen (secondary N) is 1. The first kappa shape index (κ1) is 22.1. The molecular formula is C24H19ClN6O2S. The van der Waals surface area contributed by atoms with E-state index < -0.39 is 10.0 Å². The number of tetrazole rings is 1. The average Bonchev–Trinajstić information content (AvgIpc) is 3.39. The van der Waals surface area contributed by atoms with Gasteiger partial charge >= 0.3 is 0 Å². The van der Waals surface area contributed by atoms with E-state index in [9.17, 15) is 8.42 Å². The Labute approximate surface area is 201 Å². The van der Waals surface area contributed by atoms with Gasteiger partial charge in [-0.1, -0.05) is 60.1 Å². The predicted molar refractivity (Wildman–Crippen MR) is 129 cm³/mol. The van der Waals surface area contributed by atoms with Crippen LogP contribution in [0.4, 0.5) is 0 Å². The Kier molecular flexibility index (Phi) is 6.06. The topological polar surface area (TPSA) is 105 Å². The van der Waals surface area contributed by atoms with Crippen molar-refractivity contribution in [1.29, 1.82) is 0 Å². The first-order chi connectivity index (χ1) is 16.5. The molecule has 2 heterocycles. The number of benzene rings is 3. The number of hydrogen-bond donors (Lipinski definition) is 1. The molecule has 2 aromatic heterocycles. The average molecular weight is 491 g/mol. The molecule has 8 nitrogen and oxygen atoms in total. The maximum Gasteiger partial charge on any atom is 0.243 e. The maximum absolute atomic E-state index is 13.6. The van der Waals surface area contributed by atoms with Gasteiger partial charge in [0.05, 0.1) is 17.1 Å². The summed E-state index contributed by atoms with van der Waals surface area (Å²) in [5.74, 6) is 0.470. The van der Waals surface area contributed by atoms with Crippen LogP contribution in [0.5, 0.6) is 0 Å². The molecule has 0 saturated heterocycles. The highest BCUT2D eigenvalue weighted by Gasteiger charge is 2.25. The summed E-state index contributed by atoms with van der Waals surface area (Å²) in [5.41, 5.74) is 2.24. The van der Waals surface area contributed by atoms with Crippen molar-refractivity contribution >= 4 is 32.4 Å². The highest BCUT2D eigenvalue weighted by molar-refractivity contribution is 7.89. The number of pyridine rings is 1. The summed E-state index contributed by atoms with van der Waals surface area (Å²) < 4.78 is 28.6. The fourth-order valence-electron chi connectivity index (χ4n) is 3.62. The standard InChI is InChI=1S/C24H19ClN6O2S/c25-21-9-11-23(12-10-21)34(32,33)31(16-22-13-19-3-1-2-4-20(19)14-26-22)15-17-5-7-18(8-6-17)24-27-29-30-28-24/h1-14H,15-16H2,(H,27,28,29,30). The van der Waals surface area contributed by atoms with Crippen molar-refractivity contribution < 1.29 is 8.42 Å². The lowest BCUT2D eigenvalue weighted by Gasteiger charge is -2.22. The number of sulfonamides is 1. The SMILES string of the molecule is O=S(=O)(c1ccc(Cl)cc1)N(Cc1ccc(-c2nn[nH]n2)cc1)Cc1cc2ccccc2cn1. The van der Waals surface area contributed by atoms with Gasteiger partial charge in [0, 0.05) is 28.7 Å². The second-order valence-electron chi connectivity index (χ2n) is 7.68. The van der Waals surface area contributed by atoms with Gasteiger partial charge in [-0.05, 0) is 46.5 Å². The van der Waals surface area contributed by atoms with Gasteiger partial charge in [-0.2, -0.15) is 9.52 Å². The Balaban J connectivity index is 1.48. The molecular weight excluding hydrogens is 472 g/mol. The first-order valence-electron chi connectivity index (χ1n) is 10.4. The Morgan fingerprint density at radius 3 is 2.32 bits per heavy atom. The Morgan fingerprint density at radius 2 is 1.62 bits per heavy atom. The highest BCUT2D eigenvalue weighted by atomic mass is 35.5. The van der Waals surface area contributed by atoms with E-state index in [0.29, 0.717) is 16.5 Å². The van der Waals surface area contributed by atoms with Crippen molar-refractivity contribution in [3.8, 4) is 11.4 Å². The number of rotatable bonds is 7. The zero-order valence-electron chi connectivity index (χ0n) is 17.8. The van der Waals surface area contributed by atoms with Gasteiger partial charge in [0.1, 0.15) is 0 Å². The Hall–Kier alpha value is -3.66. The molecule has 170 valence electrons.